The van der Waals surface area contributed by atoms with Crippen LogP contribution in [-0.4, -0.2) is 24.5 Å². The van der Waals surface area contributed by atoms with E-state index < -0.39 is 0 Å². The molecular formula is C16H20N4O. The molecule has 5 heteroatoms. The maximum absolute atomic E-state index is 7.42. The summed E-state index contributed by atoms with van der Waals surface area (Å²) in [5.74, 6) is 1.59. The number of benzene rings is 1. The van der Waals surface area contributed by atoms with Gasteiger partial charge in [0, 0.05) is 24.5 Å². The number of nitrogens with two attached hydrogens (primary N) is 1. The molecule has 0 saturated carbocycles. The smallest absolute Gasteiger partial charge is 0.175 e. The molecule has 2 rings (SSSR count). The van der Waals surface area contributed by atoms with E-state index in [4.69, 9.17) is 15.9 Å². The summed E-state index contributed by atoms with van der Waals surface area (Å²) in [4.78, 5) is 6.35. The number of anilines is 2. The number of rotatable bonds is 6. The van der Waals surface area contributed by atoms with Crippen molar-refractivity contribution < 1.29 is 4.74 Å². The van der Waals surface area contributed by atoms with Crippen LogP contribution in [0.5, 0.6) is 5.75 Å². The van der Waals surface area contributed by atoms with E-state index in [2.05, 4.69) is 11.9 Å². The molecule has 0 aliphatic rings. The lowest BCUT2D eigenvalue weighted by Gasteiger charge is -2.21. The summed E-state index contributed by atoms with van der Waals surface area (Å²) >= 11 is 0. The summed E-state index contributed by atoms with van der Waals surface area (Å²) in [5, 5.41) is 7.42. The quantitative estimate of drug-likeness (QED) is 0.631. The number of ether oxygens (including phenoxy) is 1. The molecule has 110 valence electrons. The molecule has 0 aliphatic carbocycles. The van der Waals surface area contributed by atoms with Gasteiger partial charge in [-0.15, -0.1) is 0 Å². The predicted molar refractivity (Wildman–Crippen MR) is 85.5 cm³/mol. The highest BCUT2D eigenvalue weighted by Gasteiger charge is 2.11. The van der Waals surface area contributed by atoms with Crippen LogP contribution in [0.3, 0.4) is 0 Å². The van der Waals surface area contributed by atoms with E-state index in [9.17, 15) is 0 Å². The number of pyridine rings is 1. The second kappa shape index (κ2) is 6.74. The Morgan fingerprint density at radius 3 is 2.62 bits per heavy atom. The van der Waals surface area contributed by atoms with Gasteiger partial charge in [0.25, 0.3) is 0 Å². The average Bonchev–Trinajstić information content (AvgIpc) is 2.52. The van der Waals surface area contributed by atoms with Crippen LogP contribution in [0.25, 0.3) is 0 Å². The van der Waals surface area contributed by atoms with Crippen molar-refractivity contribution in [3.05, 3.63) is 48.2 Å². The van der Waals surface area contributed by atoms with Gasteiger partial charge in [-0.05, 0) is 42.8 Å². The van der Waals surface area contributed by atoms with E-state index in [-0.39, 0.29) is 5.84 Å². The summed E-state index contributed by atoms with van der Waals surface area (Å²) in [6, 6.07) is 11.2. The van der Waals surface area contributed by atoms with E-state index in [0.717, 1.165) is 23.7 Å². The van der Waals surface area contributed by atoms with Crippen molar-refractivity contribution in [2.24, 2.45) is 5.73 Å². The number of hydrogen-bond donors (Lipinski definition) is 2. The molecule has 0 radical (unpaired) electrons. The Balaban J connectivity index is 2.26. The van der Waals surface area contributed by atoms with Crippen molar-refractivity contribution in [3.8, 4) is 5.75 Å². The number of aromatic nitrogens is 1. The van der Waals surface area contributed by atoms with Crippen LogP contribution in [0, 0.1) is 5.41 Å². The van der Waals surface area contributed by atoms with Gasteiger partial charge >= 0.3 is 0 Å². The van der Waals surface area contributed by atoms with Gasteiger partial charge in [0.15, 0.2) is 11.6 Å². The zero-order chi connectivity index (χ0) is 15.2. The lowest BCUT2D eigenvalue weighted by atomic mass is 10.2. The normalized spacial score (nSPS) is 10.2. The van der Waals surface area contributed by atoms with Gasteiger partial charge in [-0.3, -0.25) is 5.41 Å². The number of nitrogen functional groups attached to an aromatic ring is 1. The molecule has 1 heterocycles. The number of hydrogen-bond acceptors (Lipinski definition) is 4. The first-order valence-corrected chi connectivity index (χ1v) is 6.89. The van der Waals surface area contributed by atoms with Gasteiger partial charge in [0.1, 0.15) is 5.84 Å². The Bertz CT molecular complexity index is 610. The van der Waals surface area contributed by atoms with Crippen molar-refractivity contribution >= 4 is 17.3 Å². The Hall–Kier alpha value is -2.56. The van der Waals surface area contributed by atoms with Crippen molar-refractivity contribution in [3.63, 3.8) is 0 Å². The Morgan fingerprint density at radius 2 is 2.00 bits per heavy atom. The fourth-order valence-corrected chi connectivity index (χ4v) is 1.95. The van der Waals surface area contributed by atoms with Gasteiger partial charge in [0.05, 0.1) is 6.61 Å². The number of amidine groups is 1. The summed E-state index contributed by atoms with van der Waals surface area (Å²) in [7, 11) is 1.93. The zero-order valence-electron chi connectivity index (χ0n) is 12.3. The molecule has 0 atom stereocenters. The highest BCUT2D eigenvalue weighted by Crippen LogP contribution is 2.30. The molecule has 21 heavy (non-hydrogen) atoms. The molecule has 0 unspecified atom stereocenters. The Labute approximate surface area is 124 Å². The molecule has 5 nitrogen and oxygen atoms in total. The molecule has 0 spiro atoms. The predicted octanol–water partition coefficient (Wildman–Crippen LogP) is 2.92. The molecule has 3 N–H and O–H groups in total. The maximum Gasteiger partial charge on any atom is 0.175 e. The van der Waals surface area contributed by atoms with Crippen LogP contribution in [0.1, 0.15) is 18.9 Å². The number of nitrogens with one attached hydrogen (secondary N) is 1. The average molecular weight is 284 g/mol. The minimum atomic E-state index is 0.0639. The summed E-state index contributed by atoms with van der Waals surface area (Å²) < 4.78 is 5.73. The summed E-state index contributed by atoms with van der Waals surface area (Å²) in [5.41, 5.74) is 7.13. The van der Waals surface area contributed by atoms with E-state index in [1.165, 1.54) is 0 Å². The van der Waals surface area contributed by atoms with Gasteiger partial charge in [-0.1, -0.05) is 6.92 Å². The Kier molecular flexibility index (Phi) is 4.77. The highest BCUT2D eigenvalue weighted by molar-refractivity contribution is 5.95. The van der Waals surface area contributed by atoms with Crippen LogP contribution >= 0.6 is 0 Å². The van der Waals surface area contributed by atoms with Crippen LogP contribution in [0.2, 0.25) is 0 Å². The molecule has 2 aromatic rings. The fourth-order valence-electron chi connectivity index (χ4n) is 1.95. The van der Waals surface area contributed by atoms with Crippen LogP contribution in [0.15, 0.2) is 42.6 Å². The van der Waals surface area contributed by atoms with Crippen LogP contribution < -0.4 is 15.4 Å². The topological polar surface area (TPSA) is 75.2 Å². The zero-order valence-corrected chi connectivity index (χ0v) is 12.3. The third-order valence-electron chi connectivity index (χ3n) is 3.10. The largest absolute Gasteiger partial charge is 0.490 e. The van der Waals surface area contributed by atoms with Gasteiger partial charge in [-0.25, -0.2) is 4.98 Å². The molecule has 0 bridgehead atoms. The van der Waals surface area contributed by atoms with Crippen molar-refractivity contribution in [2.75, 3.05) is 18.6 Å². The highest BCUT2D eigenvalue weighted by atomic mass is 16.5. The van der Waals surface area contributed by atoms with Gasteiger partial charge in [-0.2, -0.15) is 0 Å². The standard InChI is InChI=1S/C16H20N4O/c1-3-11-21-14-5-4-10-19-16(14)20(2)13-8-6-12(7-9-13)15(17)18/h4-10H,3,11H2,1-2H3,(H3,17,18). The SMILES string of the molecule is CCCOc1cccnc1N(C)c1ccc(C(=N)N)cc1. The Morgan fingerprint density at radius 1 is 1.29 bits per heavy atom. The molecule has 1 aromatic heterocycles. The van der Waals surface area contributed by atoms with Crippen molar-refractivity contribution in [1.29, 1.82) is 5.41 Å². The van der Waals surface area contributed by atoms with E-state index in [1.54, 1.807) is 6.20 Å². The van der Waals surface area contributed by atoms with Crippen molar-refractivity contribution in [1.82, 2.24) is 4.98 Å². The molecule has 0 amide bonds. The summed E-state index contributed by atoms with van der Waals surface area (Å²) in [6.45, 7) is 2.73. The van der Waals surface area contributed by atoms with Crippen molar-refractivity contribution in [2.45, 2.75) is 13.3 Å². The van der Waals surface area contributed by atoms with Gasteiger partial charge < -0.3 is 15.4 Å². The van der Waals surface area contributed by atoms with E-state index >= 15 is 0 Å². The first kappa shape index (κ1) is 14.8. The summed E-state index contributed by atoms with van der Waals surface area (Å²) in [6.07, 6.45) is 2.69. The third kappa shape index (κ3) is 3.51. The number of nitrogens with zero attached hydrogens (tertiary/aromatic N) is 2. The lowest BCUT2D eigenvalue weighted by Crippen LogP contribution is -2.14. The molecular weight excluding hydrogens is 264 g/mol. The molecule has 0 saturated heterocycles. The monoisotopic (exact) mass is 284 g/mol. The molecule has 1 aromatic carbocycles. The minimum Gasteiger partial charge on any atom is -0.490 e. The first-order valence-electron chi connectivity index (χ1n) is 6.89. The molecule has 0 fully saturated rings. The van der Waals surface area contributed by atoms with E-state index in [1.807, 2.05) is 48.3 Å². The third-order valence-corrected chi connectivity index (χ3v) is 3.10. The first-order chi connectivity index (χ1) is 10.1. The van der Waals surface area contributed by atoms with Gasteiger partial charge in [0.2, 0.25) is 0 Å². The minimum absolute atomic E-state index is 0.0639. The maximum atomic E-state index is 7.42. The molecule has 0 aliphatic heterocycles. The fraction of sp³-hybridized carbons (Fsp3) is 0.250. The van der Waals surface area contributed by atoms with Crippen LogP contribution in [-0.2, 0) is 0 Å². The lowest BCUT2D eigenvalue weighted by molar-refractivity contribution is 0.317. The van der Waals surface area contributed by atoms with Crippen LogP contribution in [0.4, 0.5) is 11.5 Å². The second-order valence-corrected chi connectivity index (χ2v) is 4.69. The second-order valence-electron chi connectivity index (χ2n) is 4.69. The van der Waals surface area contributed by atoms with E-state index in [0.29, 0.717) is 12.2 Å².